The van der Waals surface area contributed by atoms with Crippen molar-refractivity contribution < 1.29 is 89.4 Å². The van der Waals surface area contributed by atoms with Crippen molar-refractivity contribution in [3.8, 4) is 0 Å². The number of hydrogen-bond acceptors (Lipinski definition) is 18. The maximum Gasteiger partial charge on any atom is 0.220 e. The van der Waals surface area contributed by atoms with E-state index in [0.717, 1.165) is 51.4 Å². The summed E-state index contributed by atoms with van der Waals surface area (Å²) < 4.78 is 34.1. The van der Waals surface area contributed by atoms with Crippen LogP contribution in [0, 0.1) is 0 Å². The van der Waals surface area contributed by atoms with E-state index in [2.05, 4.69) is 43.5 Å². The summed E-state index contributed by atoms with van der Waals surface area (Å²) in [5.74, 6) is -0.295. The zero-order chi connectivity index (χ0) is 56.9. The second-order valence-electron chi connectivity index (χ2n) is 21.8. The average molecular weight is 1120 g/mol. The zero-order valence-corrected chi connectivity index (χ0v) is 47.4. The first-order valence-corrected chi connectivity index (χ1v) is 30.2. The van der Waals surface area contributed by atoms with Crippen LogP contribution in [-0.2, 0) is 33.2 Å². The SMILES string of the molecule is CCCCCCCCCCCCCCCCC/C=C/CC/C=C/CC/C=C/C(O)C(COC1OC(CO)C(OC2OC(CO)C(OC3OC(CO)C(O)C(O)C3O)C(O)C2O)C(O)C1O)NC(=O)CCCCCCCCCC. The molecule has 0 saturated carbocycles. The van der Waals surface area contributed by atoms with Gasteiger partial charge in [-0.25, -0.2) is 0 Å². The number of amides is 1. The summed E-state index contributed by atoms with van der Waals surface area (Å²) in [6.45, 7) is 1.65. The van der Waals surface area contributed by atoms with E-state index < -0.39 is 124 Å². The summed E-state index contributed by atoms with van der Waals surface area (Å²) in [6, 6.07) is -0.991. The van der Waals surface area contributed by atoms with Gasteiger partial charge in [0.2, 0.25) is 5.91 Å². The van der Waals surface area contributed by atoms with Crippen LogP contribution in [0.5, 0.6) is 0 Å². The molecule has 3 aliphatic heterocycles. The van der Waals surface area contributed by atoms with Gasteiger partial charge >= 0.3 is 0 Å². The summed E-state index contributed by atoms with van der Waals surface area (Å²) >= 11 is 0. The van der Waals surface area contributed by atoms with E-state index in [9.17, 15) is 61.0 Å². The van der Waals surface area contributed by atoms with Crippen molar-refractivity contribution in [2.45, 2.75) is 304 Å². The third kappa shape index (κ3) is 26.5. The molecule has 12 N–H and O–H groups in total. The lowest BCUT2D eigenvalue weighted by Crippen LogP contribution is -2.66. The normalized spacial score (nSPS) is 30.7. The highest BCUT2D eigenvalue weighted by atomic mass is 16.8. The highest BCUT2D eigenvalue weighted by Crippen LogP contribution is 2.33. The van der Waals surface area contributed by atoms with E-state index in [1.54, 1.807) is 6.08 Å². The number of rotatable bonds is 44. The number of allylic oxidation sites excluding steroid dienone is 5. The van der Waals surface area contributed by atoms with Crippen molar-refractivity contribution in [3.63, 3.8) is 0 Å². The molecule has 19 heteroatoms. The zero-order valence-electron chi connectivity index (χ0n) is 47.4. The van der Waals surface area contributed by atoms with Gasteiger partial charge in [-0.15, -0.1) is 0 Å². The predicted molar refractivity (Wildman–Crippen MR) is 296 cm³/mol. The molecule has 456 valence electrons. The lowest BCUT2D eigenvalue weighted by atomic mass is 9.96. The second-order valence-corrected chi connectivity index (χ2v) is 21.8. The minimum absolute atomic E-state index is 0.232. The van der Waals surface area contributed by atoms with Crippen molar-refractivity contribution in [3.05, 3.63) is 36.5 Å². The molecule has 3 rings (SSSR count). The summed E-state index contributed by atoms with van der Waals surface area (Å²) in [5, 5.41) is 120. The van der Waals surface area contributed by atoms with Gasteiger partial charge in [0, 0.05) is 6.42 Å². The Kier molecular flexibility index (Phi) is 38.5. The van der Waals surface area contributed by atoms with Crippen molar-refractivity contribution in [2.75, 3.05) is 26.4 Å². The number of unbranched alkanes of at least 4 members (excludes halogenated alkanes) is 24. The maximum atomic E-state index is 13.2. The number of hydrogen-bond donors (Lipinski definition) is 12. The Balaban J connectivity index is 1.46. The van der Waals surface area contributed by atoms with Gasteiger partial charge < -0.3 is 89.9 Å². The Morgan fingerprint density at radius 3 is 1.28 bits per heavy atom. The van der Waals surface area contributed by atoms with Gasteiger partial charge in [-0.2, -0.15) is 0 Å². The second kappa shape index (κ2) is 42.8. The fourth-order valence-electron chi connectivity index (χ4n) is 10.2. The summed E-state index contributed by atoms with van der Waals surface area (Å²) in [5.41, 5.74) is 0. The maximum absolute atomic E-state index is 13.2. The molecule has 17 unspecified atom stereocenters. The molecule has 78 heavy (non-hydrogen) atoms. The minimum Gasteiger partial charge on any atom is -0.394 e. The molecule has 19 nitrogen and oxygen atoms in total. The third-order valence-corrected chi connectivity index (χ3v) is 15.2. The number of carbonyl (C=O) groups excluding carboxylic acids is 1. The first-order chi connectivity index (χ1) is 37.8. The molecule has 3 saturated heterocycles. The van der Waals surface area contributed by atoms with Crippen LogP contribution in [0.1, 0.15) is 200 Å². The number of ether oxygens (including phenoxy) is 6. The van der Waals surface area contributed by atoms with Gasteiger partial charge in [0.25, 0.3) is 0 Å². The standard InChI is InChI=1S/C59H107NO18/c1-3-5-7-9-11-13-14-15-16-17-18-19-20-21-22-23-24-25-26-27-28-29-30-32-34-36-43(64)42(60-47(65)37-35-33-31-12-10-8-6-4-2)41-73-57-53(71)50(68)55(45(39-62)75-57)78-59-54(72)51(69)56(46(40-63)76-59)77-58-52(70)49(67)48(66)44(38-61)74-58/h24-25,28-29,34,36,42-46,48-59,61-64,66-72H,3-23,26-27,30-33,35,37-41H2,1-2H3,(H,60,65)/b25-24+,29-28+,36-34+. The molecule has 0 bridgehead atoms. The molecule has 3 fully saturated rings. The molecular formula is C59H107NO18. The third-order valence-electron chi connectivity index (χ3n) is 15.2. The molecular weight excluding hydrogens is 1010 g/mol. The number of nitrogens with one attached hydrogen (secondary N) is 1. The first kappa shape index (κ1) is 70.3. The van der Waals surface area contributed by atoms with Crippen LogP contribution in [0.2, 0.25) is 0 Å². The molecule has 0 aromatic carbocycles. The number of aliphatic hydroxyl groups is 11. The van der Waals surface area contributed by atoms with E-state index in [-0.39, 0.29) is 18.9 Å². The van der Waals surface area contributed by atoms with E-state index in [4.69, 9.17) is 28.4 Å². The smallest absolute Gasteiger partial charge is 0.220 e. The molecule has 3 heterocycles. The van der Waals surface area contributed by atoms with E-state index in [0.29, 0.717) is 12.8 Å². The summed E-state index contributed by atoms with van der Waals surface area (Å²) in [4.78, 5) is 13.2. The van der Waals surface area contributed by atoms with E-state index >= 15 is 0 Å². The van der Waals surface area contributed by atoms with Crippen molar-refractivity contribution in [1.29, 1.82) is 0 Å². The van der Waals surface area contributed by atoms with Gasteiger partial charge in [-0.05, 0) is 44.9 Å². The fourth-order valence-corrected chi connectivity index (χ4v) is 10.2. The van der Waals surface area contributed by atoms with Crippen LogP contribution in [-0.4, -0.2) is 193 Å². The predicted octanol–water partition coefficient (Wildman–Crippen LogP) is 5.32. The Bertz CT molecular complexity index is 1570. The van der Waals surface area contributed by atoms with Gasteiger partial charge in [0.15, 0.2) is 18.9 Å². The van der Waals surface area contributed by atoms with Crippen molar-refractivity contribution in [2.24, 2.45) is 0 Å². The Morgan fingerprint density at radius 2 is 0.821 bits per heavy atom. The highest BCUT2D eigenvalue weighted by molar-refractivity contribution is 5.76. The molecule has 0 spiro atoms. The van der Waals surface area contributed by atoms with Crippen molar-refractivity contribution >= 4 is 5.91 Å². The molecule has 0 aromatic heterocycles. The Labute approximate surface area is 466 Å². The largest absolute Gasteiger partial charge is 0.394 e. The highest BCUT2D eigenvalue weighted by Gasteiger charge is 2.53. The summed E-state index contributed by atoms with van der Waals surface area (Å²) in [6.07, 6.45) is 18.9. The lowest BCUT2D eigenvalue weighted by molar-refractivity contribution is -0.379. The van der Waals surface area contributed by atoms with Crippen LogP contribution in [0.3, 0.4) is 0 Å². The summed E-state index contributed by atoms with van der Waals surface area (Å²) in [7, 11) is 0. The van der Waals surface area contributed by atoms with Gasteiger partial charge in [0.05, 0.1) is 38.6 Å². The molecule has 17 atom stereocenters. The van der Waals surface area contributed by atoms with E-state index in [1.807, 2.05) is 6.08 Å². The molecule has 0 aliphatic carbocycles. The fraction of sp³-hybridized carbons (Fsp3) is 0.881. The van der Waals surface area contributed by atoms with Crippen LogP contribution >= 0.6 is 0 Å². The average Bonchev–Trinajstić information content (AvgIpc) is 3.46. The molecule has 3 aliphatic rings. The molecule has 1 amide bonds. The topological polar surface area (TPSA) is 307 Å². The van der Waals surface area contributed by atoms with Gasteiger partial charge in [-0.1, -0.05) is 185 Å². The molecule has 0 radical (unpaired) electrons. The monoisotopic (exact) mass is 1120 g/mol. The quantitative estimate of drug-likeness (QED) is 0.0271. The van der Waals surface area contributed by atoms with Crippen LogP contribution in [0.15, 0.2) is 36.5 Å². The number of carbonyl (C=O) groups is 1. The Morgan fingerprint density at radius 1 is 0.449 bits per heavy atom. The van der Waals surface area contributed by atoms with Gasteiger partial charge in [0.1, 0.15) is 73.2 Å². The van der Waals surface area contributed by atoms with Gasteiger partial charge in [-0.3, -0.25) is 4.79 Å². The molecule has 0 aromatic rings. The van der Waals surface area contributed by atoms with Crippen LogP contribution < -0.4 is 5.32 Å². The van der Waals surface area contributed by atoms with Crippen molar-refractivity contribution in [1.82, 2.24) is 5.32 Å². The Hall–Kier alpha value is -1.99. The number of aliphatic hydroxyl groups excluding tert-OH is 11. The first-order valence-electron chi connectivity index (χ1n) is 30.2. The lowest BCUT2D eigenvalue weighted by Gasteiger charge is -2.48. The minimum atomic E-state index is -1.98. The van der Waals surface area contributed by atoms with E-state index in [1.165, 1.54) is 116 Å². The van der Waals surface area contributed by atoms with Crippen LogP contribution in [0.25, 0.3) is 0 Å². The van der Waals surface area contributed by atoms with Crippen LogP contribution in [0.4, 0.5) is 0 Å².